The zero-order valence-electron chi connectivity index (χ0n) is 9.29. The van der Waals surface area contributed by atoms with E-state index in [0.717, 1.165) is 11.6 Å². The van der Waals surface area contributed by atoms with Crippen LogP contribution < -0.4 is 5.32 Å². The summed E-state index contributed by atoms with van der Waals surface area (Å²) >= 11 is 8.08. The van der Waals surface area contributed by atoms with Crippen molar-refractivity contribution < 1.29 is 0 Å². The minimum absolute atomic E-state index is 0.524. The fourth-order valence-corrected chi connectivity index (χ4v) is 2.49. The van der Waals surface area contributed by atoms with E-state index in [1.54, 1.807) is 0 Å². The van der Waals surface area contributed by atoms with E-state index in [0.29, 0.717) is 5.92 Å². The number of hydrogen-bond donors (Lipinski definition) is 1. The molecule has 0 aliphatic rings. The largest absolute Gasteiger partial charge is 0.319 e. The summed E-state index contributed by atoms with van der Waals surface area (Å²) in [6.07, 6.45) is 3.31. The van der Waals surface area contributed by atoms with E-state index in [4.69, 9.17) is 11.6 Å². The van der Waals surface area contributed by atoms with Crippen LogP contribution in [0.5, 0.6) is 0 Å². The van der Waals surface area contributed by atoms with Crippen molar-refractivity contribution in [2.75, 3.05) is 25.6 Å². The predicted molar refractivity (Wildman–Crippen MR) is 71.1 cm³/mol. The molecule has 1 unspecified atom stereocenters. The van der Waals surface area contributed by atoms with E-state index in [9.17, 15) is 0 Å². The molecule has 15 heavy (non-hydrogen) atoms. The van der Waals surface area contributed by atoms with Crippen LogP contribution in [0.3, 0.4) is 0 Å². The van der Waals surface area contributed by atoms with Crippen molar-refractivity contribution in [3.05, 3.63) is 34.9 Å². The summed E-state index contributed by atoms with van der Waals surface area (Å²) in [5, 5.41) is 4.12. The fourth-order valence-electron chi connectivity index (χ4n) is 1.68. The van der Waals surface area contributed by atoms with Crippen LogP contribution >= 0.6 is 23.4 Å². The molecule has 1 nitrogen and oxygen atoms in total. The van der Waals surface area contributed by atoms with Gasteiger partial charge in [0, 0.05) is 11.6 Å². The molecule has 1 aromatic carbocycles. The van der Waals surface area contributed by atoms with Gasteiger partial charge in [-0.1, -0.05) is 29.8 Å². The minimum atomic E-state index is 0.524. The Kier molecular flexibility index (Phi) is 6.15. The summed E-state index contributed by atoms with van der Waals surface area (Å²) in [6, 6.07) is 8.14. The van der Waals surface area contributed by atoms with E-state index in [1.807, 2.05) is 30.9 Å². The standard InChI is InChI=1S/C12H18ClNS/c1-14-9-10(7-8-15-2)11-5-3-4-6-12(11)13/h3-6,10,14H,7-9H2,1-2H3. The summed E-state index contributed by atoms with van der Waals surface area (Å²) in [6.45, 7) is 0.990. The number of halogens is 1. The lowest BCUT2D eigenvalue weighted by atomic mass is 9.96. The molecule has 1 atom stereocenters. The van der Waals surface area contributed by atoms with Crippen molar-refractivity contribution in [1.82, 2.24) is 5.32 Å². The second-order valence-electron chi connectivity index (χ2n) is 3.56. The number of likely N-dealkylation sites (N-methyl/N-ethyl adjacent to an activating group) is 1. The quantitative estimate of drug-likeness (QED) is 0.822. The number of rotatable bonds is 6. The molecule has 1 aromatic rings. The van der Waals surface area contributed by atoms with Gasteiger partial charge in [-0.3, -0.25) is 0 Å². The highest BCUT2D eigenvalue weighted by molar-refractivity contribution is 7.98. The van der Waals surface area contributed by atoms with E-state index < -0.39 is 0 Å². The SMILES string of the molecule is CNCC(CCSC)c1ccccc1Cl. The Morgan fingerprint density at radius 2 is 2.13 bits per heavy atom. The first-order valence-electron chi connectivity index (χ1n) is 5.17. The first-order chi connectivity index (χ1) is 7.29. The topological polar surface area (TPSA) is 12.0 Å². The summed E-state index contributed by atoms with van der Waals surface area (Å²) in [4.78, 5) is 0. The Labute approximate surface area is 102 Å². The molecule has 0 radical (unpaired) electrons. The maximum absolute atomic E-state index is 6.20. The maximum Gasteiger partial charge on any atom is 0.0441 e. The third-order valence-corrected chi connectivity index (χ3v) is 3.45. The molecule has 0 aliphatic carbocycles. The third kappa shape index (κ3) is 4.06. The van der Waals surface area contributed by atoms with Gasteiger partial charge in [-0.15, -0.1) is 0 Å². The molecule has 0 spiro atoms. The molecule has 0 amide bonds. The van der Waals surface area contributed by atoms with Crippen LogP contribution in [0, 0.1) is 0 Å². The normalized spacial score (nSPS) is 12.7. The van der Waals surface area contributed by atoms with Crippen molar-refractivity contribution in [2.24, 2.45) is 0 Å². The van der Waals surface area contributed by atoms with Crippen LogP contribution in [0.15, 0.2) is 24.3 Å². The molecule has 1 N–H and O–H groups in total. The van der Waals surface area contributed by atoms with Gasteiger partial charge in [0.15, 0.2) is 0 Å². The van der Waals surface area contributed by atoms with Crippen molar-refractivity contribution in [2.45, 2.75) is 12.3 Å². The molecule has 0 saturated heterocycles. The van der Waals surface area contributed by atoms with Gasteiger partial charge in [0.05, 0.1) is 0 Å². The molecule has 0 fully saturated rings. The summed E-state index contributed by atoms with van der Waals surface area (Å²) in [7, 11) is 1.99. The van der Waals surface area contributed by atoms with Gasteiger partial charge in [-0.25, -0.2) is 0 Å². The zero-order valence-corrected chi connectivity index (χ0v) is 10.9. The predicted octanol–water partition coefficient (Wildman–Crippen LogP) is 3.40. The van der Waals surface area contributed by atoms with E-state index in [-0.39, 0.29) is 0 Å². The van der Waals surface area contributed by atoms with Crippen LogP contribution in [0.2, 0.25) is 5.02 Å². The van der Waals surface area contributed by atoms with Crippen molar-refractivity contribution in [3.63, 3.8) is 0 Å². The average molecular weight is 244 g/mol. The molecule has 0 saturated carbocycles. The van der Waals surface area contributed by atoms with Crippen LogP contribution in [-0.4, -0.2) is 25.6 Å². The smallest absolute Gasteiger partial charge is 0.0441 e. The number of thioether (sulfide) groups is 1. The number of hydrogen-bond acceptors (Lipinski definition) is 2. The first-order valence-corrected chi connectivity index (χ1v) is 6.94. The molecule has 1 rings (SSSR count). The highest BCUT2D eigenvalue weighted by atomic mass is 35.5. The van der Waals surface area contributed by atoms with Crippen LogP contribution in [0.4, 0.5) is 0 Å². The highest BCUT2D eigenvalue weighted by Crippen LogP contribution is 2.27. The lowest BCUT2D eigenvalue weighted by Gasteiger charge is -2.17. The van der Waals surface area contributed by atoms with Gasteiger partial charge in [0.2, 0.25) is 0 Å². The average Bonchev–Trinajstić information content (AvgIpc) is 2.25. The Morgan fingerprint density at radius 1 is 1.40 bits per heavy atom. The van der Waals surface area contributed by atoms with Crippen LogP contribution in [-0.2, 0) is 0 Å². The fraction of sp³-hybridized carbons (Fsp3) is 0.500. The van der Waals surface area contributed by atoms with Gasteiger partial charge >= 0.3 is 0 Å². The van der Waals surface area contributed by atoms with E-state index in [1.165, 1.54) is 17.7 Å². The van der Waals surface area contributed by atoms with Crippen molar-refractivity contribution in [1.29, 1.82) is 0 Å². The lowest BCUT2D eigenvalue weighted by Crippen LogP contribution is -2.18. The molecular weight excluding hydrogens is 226 g/mol. The van der Waals surface area contributed by atoms with Gasteiger partial charge in [0.1, 0.15) is 0 Å². The zero-order chi connectivity index (χ0) is 11.1. The Morgan fingerprint density at radius 3 is 2.73 bits per heavy atom. The number of nitrogens with one attached hydrogen (secondary N) is 1. The second-order valence-corrected chi connectivity index (χ2v) is 4.95. The third-order valence-electron chi connectivity index (χ3n) is 2.47. The maximum atomic E-state index is 6.20. The van der Waals surface area contributed by atoms with Gasteiger partial charge < -0.3 is 5.32 Å². The van der Waals surface area contributed by atoms with Crippen molar-refractivity contribution in [3.8, 4) is 0 Å². The summed E-state index contributed by atoms with van der Waals surface area (Å²) in [5.74, 6) is 1.70. The molecule has 0 aromatic heterocycles. The molecule has 3 heteroatoms. The molecule has 0 bridgehead atoms. The van der Waals surface area contributed by atoms with Crippen LogP contribution in [0.1, 0.15) is 17.9 Å². The first kappa shape index (κ1) is 12.9. The lowest BCUT2D eigenvalue weighted by molar-refractivity contribution is 0.616. The molecule has 84 valence electrons. The molecule has 0 aliphatic heterocycles. The summed E-state index contributed by atoms with van der Waals surface area (Å²) in [5.41, 5.74) is 1.27. The Balaban J connectivity index is 2.74. The minimum Gasteiger partial charge on any atom is -0.319 e. The molecule has 0 heterocycles. The van der Waals surface area contributed by atoms with Crippen molar-refractivity contribution >= 4 is 23.4 Å². The van der Waals surface area contributed by atoms with Gasteiger partial charge in [-0.2, -0.15) is 11.8 Å². The van der Waals surface area contributed by atoms with E-state index in [2.05, 4.69) is 23.7 Å². The van der Waals surface area contributed by atoms with E-state index >= 15 is 0 Å². The van der Waals surface area contributed by atoms with Crippen LogP contribution in [0.25, 0.3) is 0 Å². The summed E-state index contributed by atoms with van der Waals surface area (Å²) < 4.78 is 0. The second kappa shape index (κ2) is 7.15. The highest BCUT2D eigenvalue weighted by Gasteiger charge is 2.12. The Hall–Kier alpha value is -0.180. The number of benzene rings is 1. The monoisotopic (exact) mass is 243 g/mol. The Bertz CT molecular complexity index is 291. The van der Waals surface area contributed by atoms with Gasteiger partial charge in [0.25, 0.3) is 0 Å². The molecular formula is C12H18ClNS. The van der Waals surface area contributed by atoms with Gasteiger partial charge in [-0.05, 0) is 43.0 Å².